The maximum absolute atomic E-state index is 13.8. The molecule has 0 radical (unpaired) electrons. The summed E-state index contributed by atoms with van der Waals surface area (Å²) in [7, 11) is 0. The number of likely N-dealkylation sites (tertiary alicyclic amines) is 1. The van der Waals surface area contributed by atoms with Crippen molar-refractivity contribution in [2.45, 2.75) is 69.7 Å². The van der Waals surface area contributed by atoms with Crippen LogP contribution in [0.25, 0.3) is 0 Å². The fourth-order valence-corrected chi connectivity index (χ4v) is 5.79. The Morgan fingerprint density at radius 3 is 2.69 bits per heavy atom. The van der Waals surface area contributed by atoms with Crippen LogP contribution in [0.15, 0.2) is 12.7 Å². The van der Waals surface area contributed by atoms with Crippen molar-refractivity contribution < 1.29 is 29.3 Å². The molecule has 3 saturated heterocycles. The minimum Gasteiger partial charge on any atom is -0.481 e. The van der Waals surface area contributed by atoms with Crippen LogP contribution in [0.4, 0.5) is 0 Å². The Morgan fingerprint density at radius 1 is 1.45 bits per heavy atom. The van der Waals surface area contributed by atoms with Gasteiger partial charge in [0.05, 0.1) is 24.0 Å². The molecule has 3 fully saturated rings. The van der Waals surface area contributed by atoms with E-state index in [4.69, 9.17) is 4.74 Å². The van der Waals surface area contributed by atoms with Crippen LogP contribution in [-0.2, 0) is 19.1 Å². The maximum Gasteiger partial charge on any atom is 0.310 e. The molecule has 29 heavy (non-hydrogen) atoms. The van der Waals surface area contributed by atoms with E-state index in [1.54, 1.807) is 17.9 Å². The molecule has 2 N–H and O–H groups in total. The Morgan fingerprint density at radius 2 is 2.14 bits per heavy atom. The summed E-state index contributed by atoms with van der Waals surface area (Å²) in [5, 5.41) is 19.4. The molecule has 0 aromatic heterocycles. The van der Waals surface area contributed by atoms with Crippen LogP contribution in [0.1, 0.15) is 46.5 Å². The molecule has 3 aliphatic heterocycles. The van der Waals surface area contributed by atoms with Crippen LogP contribution >= 0.6 is 0 Å². The van der Waals surface area contributed by atoms with Gasteiger partial charge in [0.1, 0.15) is 11.6 Å². The molecule has 3 unspecified atom stereocenters. The Kier molecular flexibility index (Phi) is 5.80. The molecule has 0 saturated carbocycles. The van der Waals surface area contributed by atoms with Crippen molar-refractivity contribution in [2.75, 3.05) is 19.7 Å². The van der Waals surface area contributed by atoms with Crippen LogP contribution in [0.2, 0.25) is 0 Å². The van der Waals surface area contributed by atoms with Gasteiger partial charge in [-0.25, -0.2) is 0 Å². The number of carboxylic acid groups (broad SMARTS) is 1. The van der Waals surface area contributed by atoms with Gasteiger partial charge >= 0.3 is 5.97 Å². The van der Waals surface area contributed by atoms with Crippen molar-refractivity contribution in [1.29, 1.82) is 0 Å². The monoisotopic (exact) mass is 408 g/mol. The topological polar surface area (TPSA) is 107 Å². The third-order valence-corrected chi connectivity index (χ3v) is 6.96. The zero-order valence-electron chi connectivity index (χ0n) is 17.5. The number of carboxylic acids is 1. The Hall–Kier alpha value is -1.93. The zero-order valence-corrected chi connectivity index (χ0v) is 17.5. The molecule has 6 atom stereocenters. The first-order valence-corrected chi connectivity index (χ1v) is 10.4. The summed E-state index contributed by atoms with van der Waals surface area (Å²) in [5.74, 6) is -3.65. The molecule has 8 nitrogen and oxygen atoms in total. The SMILES string of the molecule is C=CCN(C(=O)C1N(CCO)C(=O)[C@@H]2[C@H](C(=O)O)[C@]3(C)CCC12O3)C(C)CCC. The Balaban J connectivity index is 2.06. The summed E-state index contributed by atoms with van der Waals surface area (Å²) < 4.78 is 6.30. The number of carbonyl (C=O) groups is 3. The number of aliphatic hydroxyl groups excluding tert-OH is 1. The summed E-state index contributed by atoms with van der Waals surface area (Å²) >= 11 is 0. The van der Waals surface area contributed by atoms with Gasteiger partial charge in [-0.1, -0.05) is 19.4 Å². The molecule has 1 spiro atoms. The van der Waals surface area contributed by atoms with Gasteiger partial charge in [0.25, 0.3) is 0 Å². The molecule has 3 heterocycles. The normalized spacial score (nSPS) is 36.2. The highest BCUT2D eigenvalue weighted by Gasteiger charge is 2.78. The van der Waals surface area contributed by atoms with E-state index in [1.165, 1.54) is 4.90 Å². The van der Waals surface area contributed by atoms with Gasteiger partial charge in [-0.15, -0.1) is 6.58 Å². The number of carbonyl (C=O) groups excluding carboxylic acids is 2. The predicted molar refractivity (Wildman–Crippen MR) is 105 cm³/mol. The second-order valence-electron chi connectivity index (χ2n) is 8.74. The zero-order chi connectivity index (χ0) is 21.6. The van der Waals surface area contributed by atoms with E-state index in [0.717, 1.165) is 12.8 Å². The largest absolute Gasteiger partial charge is 0.481 e. The summed E-state index contributed by atoms with van der Waals surface area (Å²) in [4.78, 5) is 42.1. The number of rotatable bonds is 9. The molecular weight excluding hydrogens is 376 g/mol. The molecule has 3 rings (SSSR count). The molecule has 0 aromatic rings. The lowest BCUT2D eigenvalue weighted by Gasteiger charge is -2.38. The highest BCUT2D eigenvalue weighted by molar-refractivity contribution is 5.98. The van der Waals surface area contributed by atoms with E-state index in [-0.39, 0.29) is 25.1 Å². The second kappa shape index (κ2) is 7.72. The van der Waals surface area contributed by atoms with E-state index in [0.29, 0.717) is 19.4 Å². The third kappa shape index (κ3) is 3.08. The molecular formula is C21H32N2O6. The summed E-state index contributed by atoms with van der Waals surface area (Å²) in [5.41, 5.74) is -2.12. The van der Waals surface area contributed by atoms with E-state index in [2.05, 4.69) is 6.58 Å². The second-order valence-corrected chi connectivity index (χ2v) is 8.74. The molecule has 0 aromatic carbocycles. The number of amides is 2. The summed E-state index contributed by atoms with van der Waals surface area (Å²) in [6.07, 6.45) is 4.28. The average molecular weight is 408 g/mol. The van der Waals surface area contributed by atoms with Crippen LogP contribution in [0.3, 0.4) is 0 Å². The van der Waals surface area contributed by atoms with Gasteiger partial charge in [0.15, 0.2) is 0 Å². The number of fused-ring (bicyclic) bond motifs is 1. The minimum atomic E-state index is -1.16. The Bertz CT molecular complexity index is 711. The third-order valence-electron chi connectivity index (χ3n) is 6.96. The van der Waals surface area contributed by atoms with Gasteiger partial charge in [0.2, 0.25) is 11.8 Å². The van der Waals surface area contributed by atoms with Crippen LogP contribution in [0, 0.1) is 11.8 Å². The highest BCUT2D eigenvalue weighted by Crippen LogP contribution is 2.63. The lowest BCUT2D eigenvalue weighted by molar-refractivity contribution is -0.157. The lowest BCUT2D eigenvalue weighted by atomic mass is 9.66. The maximum atomic E-state index is 13.8. The van der Waals surface area contributed by atoms with Gasteiger partial charge in [-0.3, -0.25) is 14.4 Å². The van der Waals surface area contributed by atoms with Crippen molar-refractivity contribution in [3.8, 4) is 0 Å². The predicted octanol–water partition coefficient (Wildman–Crippen LogP) is 1.03. The van der Waals surface area contributed by atoms with Crippen molar-refractivity contribution in [2.24, 2.45) is 11.8 Å². The molecule has 8 heteroatoms. The molecule has 0 aliphatic carbocycles. The number of hydrogen-bond donors (Lipinski definition) is 2. The number of ether oxygens (including phenoxy) is 1. The Labute approximate surface area is 171 Å². The first kappa shape index (κ1) is 21.8. The van der Waals surface area contributed by atoms with Gasteiger partial charge in [-0.2, -0.15) is 0 Å². The fourth-order valence-electron chi connectivity index (χ4n) is 5.79. The number of aliphatic carboxylic acids is 1. The van der Waals surface area contributed by atoms with E-state index >= 15 is 0 Å². The smallest absolute Gasteiger partial charge is 0.310 e. The summed E-state index contributed by atoms with van der Waals surface area (Å²) in [6, 6.07) is -0.992. The molecule has 2 amide bonds. The highest BCUT2D eigenvalue weighted by atomic mass is 16.5. The van der Waals surface area contributed by atoms with Gasteiger partial charge in [0, 0.05) is 19.1 Å². The van der Waals surface area contributed by atoms with Gasteiger partial charge < -0.3 is 24.7 Å². The minimum absolute atomic E-state index is 0.0238. The quantitative estimate of drug-likeness (QED) is 0.552. The fraction of sp³-hybridized carbons (Fsp3) is 0.762. The van der Waals surface area contributed by atoms with Crippen molar-refractivity contribution in [3.63, 3.8) is 0 Å². The average Bonchev–Trinajstić information content (AvgIpc) is 3.21. The van der Waals surface area contributed by atoms with Gasteiger partial charge in [-0.05, 0) is 33.1 Å². The molecule has 3 aliphatic rings. The van der Waals surface area contributed by atoms with Crippen LogP contribution in [0.5, 0.6) is 0 Å². The number of aliphatic hydroxyl groups is 1. The summed E-state index contributed by atoms with van der Waals surface area (Å²) in [6.45, 7) is 9.49. The van der Waals surface area contributed by atoms with E-state index in [1.807, 2.05) is 13.8 Å². The van der Waals surface area contributed by atoms with Crippen molar-refractivity contribution in [3.05, 3.63) is 12.7 Å². The van der Waals surface area contributed by atoms with Crippen LogP contribution in [-0.4, -0.2) is 80.8 Å². The van der Waals surface area contributed by atoms with E-state index in [9.17, 15) is 24.6 Å². The lowest BCUT2D eigenvalue weighted by Crippen LogP contribution is -2.58. The molecule has 162 valence electrons. The molecule has 2 bridgehead atoms. The first-order chi connectivity index (χ1) is 13.7. The van der Waals surface area contributed by atoms with E-state index < -0.39 is 41.0 Å². The van der Waals surface area contributed by atoms with Crippen LogP contribution < -0.4 is 0 Å². The van der Waals surface area contributed by atoms with Crippen molar-refractivity contribution >= 4 is 17.8 Å². The standard InChI is InChI=1S/C21H32N2O6/c1-5-7-13(3)22(10-6-2)18(26)16-21-9-8-20(4,29-21)15(19(27)28)14(21)17(25)23(16)11-12-24/h6,13-16,24H,2,5,7-12H2,1,3-4H3,(H,27,28)/t13?,14-,15+,16?,20-,21?/m0/s1. The number of hydrogen-bond acceptors (Lipinski definition) is 5. The number of β-amino-alcohol motifs (C(OH)–C–C–N with tert-alkyl or cyclic N) is 1. The first-order valence-electron chi connectivity index (χ1n) is 10.4. The number of nitrogens with zero attached hydrogens (tertiary/aromatic N) is 2. The van der Waals surface area contributed by atoms with Crippen molar-refractivity contribution in [1.82, 2.24) is 9.80 Å².